The van der Waals surface area contributed by atoms with Crippen LogP contribution in [0, 0.1) is 5.92 Å². The summed E-state index contributed by atoms with van der Waals surface area (Å²) in [6.45, 7) is 4.03. The molecule has 0 bridgehead atoms. The molecule has 2 aliphatic rings. The van der Waals surface area contributed by atoms with E-state index < -0.39 is 0 Å². The summed E-state index contributed by atoms with van der Waals surface area (Å²) in [6, 6.07) is 9.86. The summed E-state index contributed by atoms with van der Waals surface area (Å²) in [5.74, 6) is 1.48. The monoisotopic (exact) mass is 427 g/mol. The molecule has 1 saturated heterocycles. The zero-order chi connectivity index (χ0) is 20.9. The number of benzene rings is 1. The zero-order valence-corrected chi connectivity index (χ0v) is 18.4. The van der Waals surface area contributed by atoms with Gasteiger partial charge in [-0.1, -0.05) is 17.7 Å². The minimum absolute atomic E-state index is 0.144. The molecule has 2 fully saturated rings. The van der Waals surface area contributed by atoms with Gasteiger partial charge in [-0.3, -0.25) is 14.7 Å². The SMILES string of the molecule is CN(CC1CC(Oc2ccc(CN3CCCC3)c(Cl)c2)C1)C(=O)Cc1ccncc1. The predicted molar refractivity (Wildman–Crippen MR) is 119 cm³/mol. The molecule has 2 aromatic rings. The van der Waals surface area contributed by atoms with Crippen LogP contribution in [0.3, 0.4) is 0 Å². The number of carbonyl (C=O) groups excluding carboxylic acids is 1. The molecule has 0 atom stereocenters. The molecule has 0 unspecified atom stereocenters. The molecule has 1 aromatic heterocycles. The molecule has 5 nitrogen and oxygen atoms in total. The Morgan fingerprint density at radius 2 is 1.93 bits per heavy atom. The highest BCUT2D eigenvalue weighted by Crippen LogP contribution is 2.33. The van der Waals surface area contributed by atoms with Gasteiger partial charge in [-0.25, -0.2) is 0 Å². The molecule has 0 spiro atoms. The molecule has 160 valence electrons. The van der Waals surface area contributed by atoms with Crippen LogP contribution >= 0.6 is 11.6 Å². The zero-order valence-electron chi connectivity index (χ0n) is 17.6. The van der Waals surface area contributed by atoms with Crippen LogP contribution in [0.2, 0.25) is 5.02 Å². The average molecular weight is 428 g/mol. The van der Waals surface area contributed by atoms with Gasteiger partial charge in [-0.15, -0.1) is 0 Å². The van der Waals surface area contributed by atoms with E-state index in [2.05, 4.69) is 16.0 Å². The van der Waals surface area contributed by atoms with Crippen molar-refractivity contribution in [3.63, 3.8) is 0 Å². The third-order valence-electron chi connectivity index (χ3n) is 6.17. The van der Waals surface area contributed by atoms with E-state index in [4.69, 9.17) is 16.3 Å². The molecule has 2 heterocycles. The van der Waals surface area contributed by atoms with Gasteiger partial charge in [0.2, 0.25) is 5.91 Å². The summed E-state index contributed by atoms with van der Waals surface area (Å²) in [5.41, 5.74) is 2.17. The maximum Gasteiger partial charge on any atom is 0.226 e. The number of amides is 1. The Bertz CT molecular complexity index is 849. The van der Waals surface area contributed by atoms with Gasteiger partial charge in [-0.05, 0) is 80.1 Å². The summed E-state index contributed by atoms with van der Waals surface area (Å²) in [7, 11) is 1.89. The van der Waals surface area contributed by atoms with Gasteiger partial charge < -0.3 is 9.64 Å². The normalized spacial score (nSPS) is 21.3. The fourth-order valence-electron chi connectivity index (χ4n) is 4.32. The van der Waals surface area contributed by atoms with Gasteiger partial charge >= 0.3 is 0 Å². The van der Waals surface area contributed by atoms with Gasteiger partial charge in [0.25, 0.3) is 0 Å². The van der Waals surface area contributed by atoms with Crippen molar-refractivity contribution in [1.29, 1.82) is 0 Å². The number of likely N-dealkylation sites (tertiary alicyclic amines) is 1. The topological polar surface area (TPSA) is 45.7 Å². The fourth-order valence-corrected chi connectivity index (χ4v) is 4.55. The van der Waals surface area contributed by atoms with Crippen LogP contribution in [0.15, 0.2) is 42.7 Å². The van der Waals surface area contributed by atoms with E-state index >= 15 is 0 Å². The van der Waals surface area contributed by atoms with Crippen molar-refractivity contribution in [3.05, 3.63) is 58.9 Å². The molecular weight excluding hydrogens is 398 g/mol. The molecule has 0 N–H and O–H groups in total. The molecule has 1 aliphatic carbocycles. The Morgan fingerprint density at radius 1 is 1.20 bits per heavy atom. The number of likely N-dealkylation sites (N-methyl/N-ethyl adjacent to an activating group) is 1. The van der Waals surface area contributed by atoms with Crippen molar-refractivity contribution in [2.24, 2.45) is 5.92 Å². The number of hydrogen-bond donors (Lipinski definition) is 0. The number of rotatable bonds is 8. The first-order valence-electron chi connectivity index (χ1n) is 10.9. The van der Waals surface area contributed by atoms with Crippen LogP contribution < -0.4 is 4.74 Å². The van der Waals surface area contributed by atoms with E-state index in [-0.39, 0.29) is 12.0 Å². The Kier molecular flexibility index (Phi) is 6.90. The van der Waals surface area contributed by atoms with E-state index in [1.807, 2.05) is 36.2 Å². The first kappa shape index (κ1) is 21.1. The van der Waals surface area contributed by atoms with Crippen LogP contribution in [0.4, 0.5) is 0 Å². The maximum absolute atomic E-state index is 12.4. The number of nitrogens with zero attached hydrogens (tertiary/aromatic N) is 3. The number of aromatic nitrogens is 1. The van der Waals surface area contributed by atoms with Crippen LogP contribution in [0.1, 0.15) is 36.8 Å². The van der Waals surface area contributed by atoms with Crippen LogP contribution in [-0.4, -0.2) is 53.5 Å². The highest BCUT2D eigenvalue weighted by atomic mass is 35.5. The van der Waals surface area contributed by atoms with E-state index in [9.17, 15) is 4.79 Å². The van der Waals surface area contributed by atoms with E-state index in [0.29, 0.717) is 12.3 Å². The van der Waals surface area contributed by atoms with Crippen molar-refractivity contribution in [2.45, 2.75) is 44.8 Å². The second-order valence-corrected chi connectivity index (χ2v) is 9.03. The largest absolute Gasteiger partial charge is 0.490 e. The number of ether oxygens (including phenoxy) is 1. The number of hydrogen-bond acceptors (Lipinski definition) is 4. The van der Waals surface area contributed by atoms with Crippen molar-refractivity contribution >= 4 is 17.5 Å². The third kappa shape index (κ3) is 5.52. The molecule has 6 heteroatoms. The van der Waals surface area contributed by atoms with Gasteiger partial charge in [0.1, 0.15) is 5.75 Å². The Balaban J connectivity index is 1.20. The summed E-state index contributed by atoms with van der Waals surface area (Å²) in [5, 5.41) is 0.789. The summed E-state index contributed by atoms with van der Waals surface area (Å²) in [6.07, 6.45) is 8.59. The maximum atomic E-state index is 12.4. The van der Waals surface area contributed by atoms with Crippen molar-refractivity contribution in [3.8, 4) is 5.75 Å². The van der Waals surface area contributed by atoms with Crippen molar-refractivity contribution < 1.29 is 9.53 Å². The number of carbonyl (C=O) groups is 1. The van der Waals surface area contributed by atoms with Crippen molar-refractivity contribution in [2.75, 3.05) is 26.7 Å². The van der Waals surface area contributed by atoms with Crippen LogP contribution in [0.25, 0.3) is 0 Å². The molecule has 1 aliphatic heterocycles. The first-order valence-corrected chi connectivity index (χ1v) is 11.2. The lowest BCUT2D eigenvalue weighted by atomic mass is 9.82. The minimum atomic E-state index is 0.144. The summed E-state index contributed by atoms with van der Waals surface area (Å²) in [4.78, 5) is 20.7. The molecule has 1 aromatic carbocycles. The number of pyridine rings is 1. The third-order valence-corrected chi connectivity index (χ3v) is 6.53. The lowest BCUT2D eigenvalue weighted by Crippen LogP contribution is -2.42. The quantitative estimate of drug-likeness (QED) is 0.633. The second-order valence-electron chi connectivity index (χ2n) is 8.62. The van der Waals surface area contributed by atoms with E-state index in [1.54, 1.807) is 12.4 Å². The van der Waals surface area contributed by atoms with Crippen LogP contribution in [-0.2, 0) is 17.8 Å². The highest BCUT2D eigenvalue weighted by molar-refractivity contribution is 6.31. The summed E-state index contributed by atoms with van der Waals surface area (Å²) >= 11 is 6.50. The molecule has 30 heavy (non-hydrogen) atoms. The Labute approximate surface area is 184 Å². The standard InChI is InChI=1S/C24H30ClN3O2/c1-27(24(29)14-18-6-8-26-9-7-18)16-19-12-22(13-19)30-21-5-4-20(23(25)15-21)17-28-10-2-3-11-28/h4-9,15,19,22H,2-3,10-14,16-17H2,1H3. The van der Waals surface area contributed by atoms with E-state index in [1.165, 1.54) is 18.4 Å². The van der Waals surface area contributed by atoms with Crippen LogP contribution in [0.5, 0.6) is 5.75 Å². The molecule has 1 amide bonds. The Morgan fingerprint density at radius 3 is 2.63 bits per heavy atom. The van der Waals surface area contributed by atoms with Gasteiger partial charge in [0, 0.05) is 37.6 Å². The highest BCUT2D eigenvalue weighted by Gasteiger charge is 2.32. The molecular formula is C24H30ClN3O2. The van der Waals surface area contributed by atoms with Crippen molar-refractivity contribution in [1.82, 2.24) is 14.8 Å². The number of halogens is 1. The molecule has 4 rings (SSSR count). The smallest absolute Gasteiger partial charge is 0.226 e. The van der Waals surface area contributed by atoms with Gasteiger partial charge in [0.15, 0.2) is 0 Å². The lowest BCUT2D eigenvalue weighted by Gasteiger charge is -2.37. The van der Waals surface area contributed by atoms with E-state index in [0.717, 1.165) is 55.4 Å². The fraction of sp³-hybridized carbons (Fsp3) is 0.500. The second kappa shape index (κ2) is 9.80. The lowest BCUT2D eigenvalue weighted by molar-refractivity contribution is -0.130. The first-order chi connectivity index (χ1) is 14.6. The minimum Gasteiger partial charge on any atom is -0.490 e. The molecule has 1 saturated carbocycles. The predicted octanol–water partition coefficient (Wildman–Crippen LogP) is 4.19. The average Bonchev–Trinajstić information content (AvgIpc) is 3.22. The molecule has 0 radical (unpaired) electrons. The van der Waals surface area contributed by atoms with Gasteiger partial charge in [-0.2, -0.15) is 0 Å². The van der Waals surface area contributed by atoms with Gasteiger partial charge in [0.05, 0.1) is 12.5 Å². The Hall–Kier alpha value is -2.11. The summed E-state index contributed by atoms with van der Waals surface area (Å²) < 4.78 is 6.12.